The number of nitrogens with one attached hydrogen (secondary N) is 1. The van der Waals surface area contributed by atoms with E-state index in [9.17, 15) is 0 Å². The number of hydrogen-bond donors (Lipinski definition) is 1. The van der Waals surface area contributed by atoms with Gasteiger partial charge in [0.15, 0.2) is 0 Å². The SMILES string of the molecule is CCOc1cc(N2CCNCC2)ccc1Cl. The molecule has 0 aromatic heterocycles. The highest BCUT2D eigenvalue weighted by molar-refractivity contribution is 6.32. The lowest BCUT2D eigenvalue weighted by atomic mass is 10.2. The molecule has 2 rings (SSSR count). The van der Waals surface area contributed by atoms with E-state index in [1.165, 1.54) is 5.69 Å². The number of benzene rings is 1. The van der Waals surface area contributed by atoms with Crippen molar-refractivity contribution < 1.29 is 4.74 Å². The second-order valence-corrected chi connectivity index (χ2v) is 4.19. The maximum Gasteiger partial charge on any atom is 0.139 e. The fourth-order valence-electron chi connectivity index (χ4n) is 1.88. The highest BCUT2D eigenvalue weighted by Crippen LogP contribution is 2.29. The van der Waals surface area contributed by atoms with E-state index in [0.29, 0.717) is 11.6 Å². The van der Waals surface area contributed by atoms with Crippen LogP contribution in [0.2, 0.25) is 5.02 Å². The van der Waals surface area contributed by atoms with Crippen molar-refractivity contribution in [3.63, 3.8) is 0 Å². The standard InChI is InChI=1S/C12H17ClN2O/c1-2-16-12-9-10(3-4-11(12)13)15-7-5-14-6-8-15/h3-4,9,14H,2,5-8H2,1H3. The van der Waals surface area contributed by atoms with Gasteiger partial charge in [-0.3, -0.25) is 0 Å². The molecule has 0 bridgehead atoms. The van der Waals surface area contributed by atoms with Crippen LogP contribution in [0.15, 0.2) is 18.2 Å². The number of ether oxygens (including phenoxy) is 1. The summed E-state index contributed by atoms with van der Waals surface area (Å²) in [7, 11) is 0. The highest BCUT2D eigenvalue weighted by Gasteiger charge is 2.12. The quantitative estimate of drug-likeness (QED) is 0.876. The van der Waals surface area contributed by atoms with Crippen LogP contribution in [-0.4, -0.2) is 32.8 Å². The third-order valence-electron chi connectivity index (χ3n) is 2.70. The lowest BCUT2D eigenvalue weighted by molar-refractivity contribution is 0.340. The third kappa shape index (κ3) is 2.60. The highest BCUT2D eigenvalue weighted by atomic mass is 35.5. The largest absolute Gasteiger partial charge is 0.492 e. The molecule has 88 valence electrons. The van der Waals surface area contributed by atoms with Crippen LogP contribution in [-0.2, 0) is 0 Å². The van der Waals surface area contributed by atoms with Crippen molar-refractivity contribution in [2.45, 2.75) is 6.92 Å². The molecule has 16 heavy (non-hydrogen) atoms. The minimum atomic E-state index is 0.644. The van der Waals surface area contributed by atoms with Crippen molar-refractivity contribution in [1.82, 2.24) is 5.32 Å². The third-order valence-corrected chi connectivity index (χ3v) is 3.01. The molecule has 1 aliphatic heterocycles. The topological polar surface area (TPSA) is 24.5 Å². The summed E-state index contributed by atoms with van der Waals surface area (Å²) < 4.78 is 5.49. The second kappa shape index (κ2) is 5.41. The lowest BCUT2D eigenvalue weighted by Gasteiger charge is -2.29. The Morgan fingerprint density at radius 1 is 1.38 bits per heavy atom. The van der Waals surface area contributed by atoms with Crippen molar-refractivity contribution in [1.29, 1.82) is 0 Å². The summed E-state index contributed by atoms with van der Waals surface area (Å²) in [5.74, 6) is 0.778. The van der Waals surface area contributed by atoms with E-state index in [1.807, 2.05) is 19.1 Å². The molecule has 1 aliphatic rings. The zero-order valence-electron chi connectivity index (χ0n) is 9.50. The lowest BCUT2D eigenvalue weighted by Crippen LogP contribution is -2.43. The molecule has 1 aromatic rings. The normalized spacial score (nSPS) is 16.2. The van der Waals surface area contributed by atoms with Crippen molar-refractivity contribution in [2.24, 2.45) is 0 Å². The van der Waals surface area contributed by atoms with Gasteiger partial charge in [0, 0.05) is 37.9 Å². The van der Waals surface area contributed by atoms with Gasteiger partial charge in [-0.25, -0.2) is 0 Å². The summed E-state index contributed by atoms with van der Waals surface area (Å²) in [6.07, 6.45) is 0. The maximum absolute atomic E-state index is 6.06. The Kier molecular flexibility index (Phi) is 3.91. The number of halogens is 1. The fourth-order valence-corrected chi connectivity index (χ4v) is 2.05. The number of nitrogens with zero attached hydrogens (tertiary/aromatic N) is 1. The first-order valence-electron chi connectivity index (χ1n) is 5.69. The van der Waals surface area contributed by atoms with Crippen molar-refractivity contribution in [2.75, 3.05) is 37.7 Å². The van der Waals surface area contributed by atoms with Crippen LogP contribution in [0, 0.1) is 0 Å². The predicted octanol–water partition coefficient (Wildman–Crippen LogP) is 2.15. The molecule has 1 aromatic carbocycles. The molecule has 1 saturated heterocycles. The van der Waals surface area contributed by atoms with Gasteiger partial charge in [0.05, 0.1) is 11.6 Å². The number of rotatable bonds is 3. The summed E-state index contributed by atoms with van der Waals surface area (Å²) in [6, 6.07) is 5.98. The van der Waals surface area contributed by atoms with E-state index in [2.05, 4.69) is 16.3 Å². The Balaban J connectivity index is 2.17. The molecule has 0 aliphatic carbocycles. The van der Waals surface area contributed by atoms with Crippen LogP contribution in [0.25, 0.3) is 0 Å². The van der Waals surface area contributed by atoms with Gasteiger partial charge >= 0.3 is 0 Å². The zero-order valence-corrected chi connectivity index (χ0v) is 10.3. The molecule has 3 nitrogen and oxygen atoms in total. The Morgan fingerprint density at radius 3 is 2.81 bits per heavy atom. The molecule has 0 radical (unpaired) electrons. The molecule has 1 heterocycles. The van der Waals surface area contributed by atoms with Crippen LogP contribution in [0.4, 0.5) is 5.69 Å². The van der Waals surface area contributed by atoms with Crippen LogP contribution >= 0.6 is 11.6 Å². The molecule has 0 spiro atoms. The van der Waals surface area contributed by atoms with Gasteiger partial charge in [-0.05, 0) is 19.1 Å². The number of hydrogen-bond acceptors (Lipinski definition) is 3. The van der Waals surface area contributed by atoms with E-state index in [1.54, 1.807) is 0 Å². The van der Waals surface area contributed by atoms with Gasteiger partial charge in [0.2, 0.25) is 0 Å². The molecule has 0 amide bonds. The smallest absolute Gasteiger partial charge is 0.139 e. The minimum absolute atomic E-state index is 0.644. The molecule has 0 saturated carbocycles. The van der Waals surface area contributed by atoms with Gasteiger partial charge in [0.1, 0.15) is 5.75 Å². The fraction of sp³-hybridized carbons (Fsp3) is 0.500. The molecule has 1 N–H and O–H groups in total. The van der Waals surface area contributed by atoms with E-state index in [0.717, 1.165) is 31.9 Å². The summed E-state index contributed by atoms with van der Waals surface area (Å²) in [6.45, 7) is 6.75. The first-order valence-corrected chi connectivity index (χ1v) is 6.07. The van der Waals surface area contributed by atoms with Gasteiger partial charge in [-0.15, -0.1) is 0 Å². The molecule has 0 atom stereocenters. The molecule has 1 fully saturated rings. The average Bonchev–Trinajstić information content (AvgIpc) is 2.33. The van der Waals surface area contributed by atoms with Gasteiger partial charge in [-0.2, -0.15) is 0 Å². The van der Waals surface area contributed by atoms with E-state index >= 15 is 0 Å². The Labute approximate surface area is 101 Å². The molecule has 0 unspecified atom stereocenters. The van der Waals surface area contributed by atoms with E-state index < -0.39 is 0 Å². The van der Waals surface area contributed by atoms with E-state index in [4.69, 9.17) is 16.3 Å². The predicted molar refractivity (Wildman–Crippen MR) is 67.7 cm³/mol. The summed E-state index contributed by atoms with van der Waals surface area (Å²) >= 11 is 6.06. The summed E-state index contributed by atoms with van der Waals surface area (Å²) in [5, 5.41) is 4.02. The first-order chi connectivity index (χ1) is 7.81. The molecular weight excluding hydrogens is 224 g/mol. The second-order valence-electron chi connectivity index (χ2n) is 3.78. The molecule has 4 heteroatoms. The average molecular weight is 241 g/mol. The van der Waals surface area contributed by atoms with Gasteiger partial charge in [0.25, 0.3) is 0 Å². The first kappa shape index (κ1) is 11.6. The van der Waals surface area contributed by atoms with Gasteiger partial charge < -0.3 is 15.0 Å². The number of anilines is 1. The maximum atomic E-state index is 6.06. The van der Waals surface area contributed by atoms with Crippen LogP contribution in [0.5, 0.6) is 5.75 Å². The van der Waals surface area contributed by atoms with Crippen molar-refractivity contribution in [3.05, 3.63) is 23.2 Å². The van der Waals surface area contributed by atoms with Crippen molar-refractivity contribution in [3.8, 4) is 5.75 Å². The van der Waals surface area contributed by atoms with Crippen LogP contribution in [0.3, 0.4) is 0 Å². The Hall–Kier alpha value is -0.930. The molecular formula is C12H17ClN2O. The summed E-state index contributed by atoms with van der Waals surface area (Å²) in [5.41, 5.74) is 1.19. The Bertz CT molecular complexity index is 351. The van der Waals surface area contributed by atoms with Crippen LogP contribution in [0.1, 0.15) is 6.92 Å². The zero-order chi connectivity index (χ0) is 11.4. The van der Waals surface area contributed by atoms with Gasteiger partial charge in [-0.1, -0.05) is 11.6 Å². The monoisotopic (exact) mass is 240 g/mol. The van der Waals surface area contributed by atoms with E-state index in [-0.39, 0.29) is 0 Å². The Morgan fingerprint density at radius 2 is 2.12 bits per heavy atom. The van der Waals surface area contributed by atoms with Crippen LogP contribution < -0.4 is 15.0 Å². The van der Waals surface area contributed by atoms with Crippen molar-refractivity contribution >= 4 is 17.3 Å². The number of piperazine rings is 1. The summed E-state index contributed by atoms with van der Waals surface area (Å²) in [4.78, 5) is 2.34. The minimum Gasteiger partial charge on any atom is -0.492 e.